The van der Waals surface area contributed by atoms with Crippen molar-refractivity contribution in [3.63, 3.8) is 0 Å². The number of imidazole rings is 1. The van der Waals surface area contributed by atoms with Crippen LogP contribution in [0.3, 0.4) is 0 Å². The summed E-state index contributed by atoms with van der Waals surface area (Å²) in [6.45, 7) is 0.786. The van der Waals surface area contributed by atoms with Crippen LogP contribution in [-0.4, -0.2) is 73.3 Å². The first kappa shape index (κ1) is 26.9. The Labute approximate surface area is 210 Å². The van der Waals surface area contributed by atoms with E-state index in [1.807, 2.05) is 6.07 Å². The molecule has 0 aliphatic carbocycles. The fraction of sp³-hybridized carbons (Fsp3) is 0.429. The third kappa shape index (κ3) is 5.57. The Morgan fingerprint density at radius 2 is 2.11 bits per heavy atom. The van der Waals surface area contributed by atoms with Crippen LogP contribution in [0.15, 0.2) is 41.5 Å². The van der Waals surface area contributed by atoms with E-state index >= 15 is 0 Å². The van der Waals surface area contributed by atoms with Gasteiger partial charge in [-0.1, -0.05) is 30.3 Å². The first-order valence-electron chi connectivity index (χ1n) is 11.1. The summed E-state index contributed by atoms with van der Waals surface area (Å²) in [5, 5.41) is 24.2. The second kappa shape index (κ2) is 10.3. The molecule has 0 amide bonds. The van der Waals surface area contributed by atoms with E-state index in [0.29, 0.717) is 0 Å². The van der Waals surface area contributed by atoms with Crippen molar-refractivity contribution < 1.29 is 33.6 Å². The van der Waals surface area contributed by atoms with Gasteiger partial charge < -0.3 is 29.9 Å². The minimum absolute atomic E-state index is 0.0216. The monoisotopic (exact) mass is 537 g/mol. The molecule has 3 heterocycles. The molecule has 1 aliphatic rings. The maximum Gasteiger partial charge on any atom is 0.338 e. The molecule has 200 valence electrons. The number of nitrogen functional groups attached to an aromatic ring is 1. The number of fused-ring (bicyclic) bond motifs is 1. The summed E-state index contributed by atoms with van der Waals surface area (Å²) in [5.74, 6) is -0.879. The van der Waals surface area contributed by atoms with Crippen molar-refractivity contribution in [1.29, 1.82) is 0 Å². The predicted octanol–water partition coefficient (Wildman–Crippen LogP) is -0.832. The number of nitrogens with two attached hydrogens (primary N) is 2. The lowest BCUT2D eigenvalue weighted by molar-refractivity contribution is -0.142. The minimum atomic E-state index is -4.12. The Morgan fingerprint density at radius 1 is 1.41 bits per heavy atom. The zero-order chi connectivity index (χ0) is 27.0. The molecular weight excluding hydrogens is 509 g/mol. The number of rotatable bonds is 9. The molecule has 1 aromatic carbocycles. The number of carbonyl (C=O) groups is 1. The number of aromatic nitrogens is 4. The van der Waals surface area contributed by atoms with Crippen molar-refractivity contribution in [2.45, 2.75) is 43.4 Å². The van der Waals surface area contributed by atoms with E-state index in [-0.39, 0.29) is 23.5 Å². The van der Waals surface area contributed by atoms with Crippen LogP contribution in [-0.2, 0) is 29.8 Å². The van der Waals surface area contributed by atoms with Gasteiger partial charge in [-0.2, -0.15) is 4.98 Å². The van der Waals surface area contributed by atoms with E-state index in [1.165, 1.54) is 24.9 Å². The topological polar surface area (TPSA) is 230 Å². The Kier molecular flexibility index (Phi) is 7.48. The molecule has 0 bridgehead atoms. The number of carbonyl (C=O) groups excluding carboxylic acids is 1. The first-order chi connectivity index (χ1) is 17.4. The van der Waals surface area contributed by atoms with Gasteiger partial charge in [0.05, 0.1) is 20.0 Å². The second-order valence-corrected chi connectivity index (χ2v) is 10.5. The molecule has 15 nitrogen and oxygen atoms in total. The van der Waals surface area contributed by atoms with Crippen molar-refractivity contribution in [2.24, 2.45) is 5.50 Å². The van der Waals surface area contributed by atoms with Gasteiger partial charge in [0.1, 0.15) is 23.9 Å². The van der Waals surface area contributed by atoms with Crippen LogP contribution in [0.2, 0.25) is 0 Å². The summed E-state index contributed by atoms with van der Waals surface area (Å²) in [4.78, 5) is 34.7. The Morgan fingerprint density at radius 3 is 2.78 bits per heavy atom. The summed E-state index contributed by atoms with van der Waals surface area (Å²) in [6.07, 6.45) is -2.67. The van der Waals surface area contributed by atoms with E-state index in [1.54, 1.807) is 24.3 Å². The van der Waals surface area contributed by atoms with Crippen molar-refractivity contribution in [3.05, 3.63) is 52.6 Å². The largest absolute Gasteiger partial charge is 0.468 e. The first-order valence-corrected chi connectivity index (χ1v) is 12.8. The third-order valence-corrected chi connectivity index (χ3v) is 7.20. The van der Waals surface area contributed by atoms with Gasteiger partial charge in [-0.25, -0.2) is 15.6 Å². The number of benzene rings is 1. The number of aliphatic hydroxyl groups excluding tert-OH is 1. The maximum absolute atomic E-state index is 13.0. The lowest BCUT2D eigenvalue weighted by atomic mass is 9.96. The SMILES string of the molecule is COC(=O)[C@H](Cc1ccccc1)NP(N)(=O)OC[C@H]1O[C@@H](n2cnc3c(=O)[nH]c(N)nc32)C(C)(O)C1O. The van der Waals surface area contributed by atoms with E-state index in [2.05, 4.69) is 20.0 Å². The molecule has 1 aliphatic heterocycles. The number of hydrogen-bond donors (Lipinski definition) is 6. The predicted molar refractivity (Wildman–Crippen MR) is 130 cm³/mol. The summed E-state index contributed by atoms with van der Waals surface area (Å²) < 4.78 is 30.1. The van der Waals surface area contributed by atoms with Gasteiger partial charge >= 0.3 is 13.6 Å². The molecule has 3 unspecified atom stereocenters. The summed E-state index contributed by atoms with van der Waals surface area (Å²) >= 11 is 0. The van der Waals surface area contributed by atoms with Gasteiger partial charge in [0, 0.05) is 0 Å². The lowest BCUT2D eigenvalue weighted by Crippen LogP contribution is -2.45. The van der Waals surface area contributed by atoms with Gasteiger partial charge in [0.15, 0.2) is 17.4 Å². The molecular formula is C21H28N7O8P. The molecule has 1 fully saturated rings. The highest BCUT2D eigenvalue weighted by molar-refractivity contribution is 7.54. The lowest BCUT2D eigenvalue weighted by Gasteiger charge is -2.27. The summed E-state index contributed by atoms with van der Waals surface area (Å²) in [7, 11) is -2.94. The van der Waals surface area contributed by atoms with Crippen molar-refractivity contribution in [2.75, 3.05) is 19.5 Å². The molecule has 16 heteroatoms. The molecule has 0 radical (unpaired) electrons. The van der Waals surface area contributed by atoms with Crippen LogP contribution in [0.25, 0.3) is 11.2 Å². The molecule has 2 aromatic heterocycles. The third-order valence-electron chi connectivity index (χ3n) is 5.99. The van der Waals surface area contributed by atoms with Crippen molar-refractivity contribution >= 4 is 30.8 Å². The van der Waals surface area contributed by atoms with Crippen LogP contribution in [0.1, 0.15) is 18.7 Å². The Hall–Kier alpha value is -3.17. The second-order valence-electron chi connectivity index (χ2n) is 8.76. The van der Waals surface area contributed by atoms with Gasteiger partial charge in [-0.05, 0) is 18.9 Å². The number of esters is 1. The van der Waals surface area contributed by atoms with E-state index in [4.69, 9.17) is 25.2 Å². The number of anilines is 1. The van der Waals surface area contributed by atoms with Crippen LogP contribution < -0.4 is 21.9 Å². The molecule has 6 atom stereocenters. The molecule has 4 rings (SSSR count). The zero-order valence-corrected chi connectivity index (χ0v) is 20.9. The van der Waals surface area contributed by atoms with Crippen LogP contribution >= 0.6 is 7.67 Å². The van der Waals surface area contributed by atoms with Crippen LogP contribution in [0.5, 0.6) is 0 Å². The van der Waals surface area contributed by atoms with E-state index in [0.717, 1.165) is 5.56 Å². The van der Waals surface area contributed by atoms with Crippen molar-refractivity contribution in [3.8, 4) is 0 Å². The Bertz CT molecular complexity index is 1380. The molecule has 1 saturated heterocycles. The molecule has 37 heavy (non-hydrogen) atoms. The summed E-state index contributed by atoms with van der Waals surface area (Å²) in [6, 6.07) is 7.85. The molecule has 8 N–H and O–H groups in total. The quantitative estimate of drug-likeness (QED) is 0.145. The van der Waals surface area contributed by atoms with Gasteiger partial charge in [0.2, 0.25) is 5.95 Å². The standard InChI is InChI=1S/C21H28N7O8P/c1-21(32)15(29)13(36-19(21)28-10-24-14-16(28)25-20(22)26-17(14)30)9-35-37(23,33)27-12(18(31)34-2)8-11-6-4-3-5-7-11/h3-7,10,12-13,15,19,29,32H,8-9H2,1-2H3,(H3,23,27,33)(H3,22,25,26,30)/t12-,13+,15?,19+,21?,37?/m0/s1. The highest BCUT2D eigenvalue weighted by Crippen LogP contribution is 2.42. The number of aromatic amines is 1. The van der Waals surface area contributed by atoms with Gasteiger partial charge in [-0.3, -0.25) is 23.7 Å². The van der Waals surface area contributed by atoms with Crippen molar-refractivity contribution in [1.82, 2.24) is 24.6 Å². The number of methoxy groups -OCH3 is 1. The Balaban J connectivity index is 1.48. The fourth-order valence-corrected chi connectivity index (χ4v) is 5.18. The van der Waals surface area contributed by atoms with Crippen LogP contribution in [0.4, 0.5) is 5.95 Å². The molecule has 3 aromatic rings. The molecule has 0 saturated carbocycles. The van der Waals surface area contributed by atoms with Crippen LogP contribution in [0, 0.1) is 0 Å². The number of aliphatic hydroxyl groups is 2. The average molecular weight is 537 g/mol. The highest BCUT2D eigenvalue weighted by atomic mass is 31.2. The number of ether oxygens (including phenoxy) is 2. The number of H-pyrrole nitrogens is 1. The smallest absolute Gasteiger partial charge is 0.338 e. The number of hydrogen-bond acceptors (Lipinski definition) is 11. The van der Waals surface area contributed by atoms with Gasteiger partial charge in [0.25, 0.3) is 5.56 Å². The maximum atomic E-state index is 13.0. The fourth-order valence-electron chi connectivity index (χ4n) is 4.10. The normalized spacial score (nSPS) is 26.1. The number of nitrogens with zero attached hydrogens (tertiary/aromatic N) is 3. The zero-order valence-electron chi connectivity index (χ0n) is 20.0. The van der Waals surface area contributed by atoms with E-state index < -0.39 is 55.9 Å². The minimum Gasteiger partial charge on any atom is -0.468 e. The number of nitrogens with one attached hydrogen (secondary N) is 2. The van der Waals surface area contributed by atoms with E-state index in [9.17, 15) is 24.4 Å². The van der Waals surface area contributed by atoms with Gasteiger partial charge in [-0.15, -0.1) is 0 Å². The summed E-state index contributed by atoms with van der Waals surface area (Å²) in [5.41, 5.74) is 9.69. The average Bonchev–Trinajstić information content (AvgIpc) is 3.35. The highest BCUT2D eigenvalue weighted by Gasteiger charge is 2.54. The molecule has 0 spiro atoms.